The number of hydrogen-bond donors (Lipinski definition) is 1. The fraction of sp³-hybridized carbons (Fsp3) is 0.375. The molecule has 1 amide bonds. The number of nitriles is 1. The number of ether oxygens (including phenoxy) is 3. The molecule has 0 radical (unpaired) electrons. The Hall–Kier alpha value is -4.17. The molecule has 11 nitrogen and oxygen atoms in total. The van der Waals surface area contributed by atoms with Gasteiger partial charge in [0.05, 0.1) is 34.1 Å². The van der Waals surface area contributed by atoms with Gasteiger partial charge in [0.15, 0.2) is 17.3 Å². The summed E-state index contributed by atoms with van der Waals surface area (Å²) < 4.78 is 27.2. The van der Waals surface area contributed by atoms with Crippen molar-refractivity contribution in [1.29, 1.82) is 5.26 Å². The maximum absolute atomic E-state index is 12.6. The summed E-state index contributed by atoms with van der Waals surface area (Å²) in [4.78, 5) is 20.8. The Morgan fingerprint density at radius 1 is 1.14 bits per heavy atom. The predicted octanol–water partition coefficient (Wildman–Crippen LogP) is 2.27. The first-order chi connectivity index (χ1) is 17.1. The molecule has 1 aromatic carbocycles. The lowest BCUT2D eigenvalue weighted by molar-refractivity contribution is -0.122. The van der Waals surface area contributed by atoms with Crippen LogP contribution in [0.1, 0.15) is 11.3 Å². The van der Waals surface area contributed by atoms with Crippen molar-refractivity contribution in [1.82, 2.24) is 15.2 Å². The van der Waals surface area contributed by atoms with Crippen molar-refractivity contribution in [3.8, 4) is 35.0 Å². The maximum Gasteiger partial charge on any atom is 0.266 e. The number of benzene rings is 1. The van der Waals surface area contributed by atoms with Gasteiger partial charge < -0.3 is 33.3 Å². The van der Waals surface area contributed by atoms with E-state index < -0.39 is 0 Å². The van der Waals surface area contributed by atoms with Gasteiger partial charge in [0.1, 0.15) is 6.07 Å². The molecule has 1 saturated heterocycles. The minimum Gasteiger partial charge on any atom is -0.493 e. The number of piperazine rings is 1. The number of amides is 1. The highest BCUT2D eigenvalue weighted by atomic mass is 16.5. The number of aromatic nitrogens is 1. The number of anilines is 1. The van der Waals surface area contributed by atoms with Gasteiger partial charge >= 0.3 is 0 Å². The Kier molecular flexibility index (Phi) is 7.42. The molecule has 4 rings (SSSR count). The molecule has 1 N–H and O–H groups in total. The molecule has 184 valence electrons. The summed E-state index contributed by atoms with van der Waals surface area (Å²) in [6.07, 6.45) is 1.52. The first kappa shape index (κ1) is 24.0. The fourth-order valence-electron chi connectivity index (χ4n) is 3.91. The SMILES string of the molecule is COc1cc(CNC(=O)CN2CCN(c3oc(-c4ccco4)nc3C#N)CC2)cc(OC)c1OC. The minimum atomic E-state index is -0.0929. The molecule has 3 aromatic rings. The van der Waals surface area contributed by atoms with Crippen LogP contribution >= 0.6 is 0 Å². The third-order valence-electron chi connectivity index (χ3n) is 5.69. The summed E-state index contributed by atoms with van der Waals surface area (Å²) in [6, 6.07) is 9.16. The minimum absolute atomic E-state index is 0.0929. The normalized spacial score (nSPS) is 13.8. The molecule has 0 spiro atoms. The van der Waals surface area contributed by atoms with E-state index in [0.717, 1.165) is 5.56 Å². The summed E-state index contributed by atoms with van der Waals surface area (Å²) in [5, 5.41) is 12.4. The van der Waals surface area contributed by atoms with Crippen LogP contribution in [0.3, 0.4) is 0 Å². The van der Waals surface area contributed by atoms with Crippen molar-refractivity contribution in [2.75, 3.05) is 59.0 Å². The molecule has 1 aliphatic heterocycles. The first-order valence-electron chi connectivity index (χ1n) is 11.0. The van der Waals surface area contributed by atoms with Crippen LogP contribution in [0, 0.1) is 11.3 Å². The molecule has 11 heteroatoms. The highest BCUT2D eigenvalue weighted by Gasteiger charge is 2.26. The van der Waals surface area contributed by atoms with Gasteiger partial charge in [-0.3, -0.25) is 9.69 Å². The lowest BCUT2D eigenvalue weighted by atomic mass is 10.1. The van der Waals surface area contributed by atoms with Gasteiger partial charge in [-0.15, -0.1) is 0 Å². The number of oxazole rings is 1. The molecule has 35 heavy (non-hydrogen) atoms. The van der Waals surface area contributed by atoms with E-state index in [0.29, 0.717) is 61.6 Å². The van der Waals surface area contributed by atoms with Crippen LogP contribution < -0.4 is 24.4 Å². The average molecular weight is 482 g/mol. The molecule has 3 heterocycles. The van der Waals surface area contributed by atoms with Crippen LogP contribution in [0.25, 0.3) is 11.7 Å². The smallest absolute Gasteiger partial charge is 0.266 e. The van der Waals surface area contributed by atoms with Crippen LogP contribution in [-0.2, 0) is 11.3 Å². The maximum atomic E-state index is 12.6. The van der Waals surface area contributed by atoms with Crippen molar-refractivity contribution in [3.63, 3.8) is 0 Å². The van der Waals surface area contributed by atoms with Crippen molar-refractivity contribution < 1.29 is 27.8 Å². The predicted molar refractivity (Wildman–Crippen MR) is 126 cm³/mol. The number of hydrogen-bond acceptors (Lipinski definition) is 10. The number of furan rings is 1. The van der Waals surface area contributed by atoms with Crippen molar-refractivity contribution in [3.05, 3.63) is 41.8 Å². The third-order valence-corrected chi connectivity index (χ3v) is 5.69. The van der Waals surface area contributed by atoms with E-state index in [2.05, 4.69) is 21.3 Å². The number of methoxy groups -OCH3 is 3. The van der Waals surface area contributed by atoms with Crippen molar-refractivity contribution in [2.45, 2.75) is 6.54 Å². The first-order valence-corrected chi connectivity index (χ1v) is 11.0. The second kappa shape index (κ2) is 10.8. The van der Waals surface area contributed by atoms with Gasteiger partial charge in [-0.2, -0.15) is 10.2 Å². The molecule has 0 unspecified atom stereocenters. The Labute approximate surface area is 202 Å². The Morgan fingerprint density at radius 3 is 2.43 bits per heavy atom. The van der Waals surface area contributed by atoms with E-state index >= 15 is 0 Å². The van der Waals surface area contributed by atoms with Gasteiger partial charge in [0, 0.05) is 32.7 Å². The van der Waals surface area contributed by atoms with Gasteiger partial charge in [-0.1, -0.05) is 0 Å². The van der Waals surface area contributed by atoms with Gasteiger partial charge in [0.2, 0.25) is 23.2 Å². The quantitative estimate of drug-likeness (QED) is 0.486. The van der Waals surface area contributed by atoms with E-state index in [9.17, 15) is 10.1 Å². The molecule has 1 fully saturated rings. The average Bonchev–Trinajstić information content (AvgIpc) is 3.57. The number of nitrogens with zero attached hydrogens (tertiary/aromatic N) is 4. The topological polar surface area (TPSA) is 126 Å². The van der Waals surface area contributed by atoms with Crippen LogP contribution in [0.2, 0.25) is 0 Å². The molecular weight excluding hydrogens is 454 g/mol. The van der Waals surface area contributed by atoms with Crippen LogP contribution in [0.4, 0.5) is 5.88 Å². The second-order valence-corrected chi connectivity index (χ2v) is 7.84. The number of carbonyl (C=O) groups is 1. The van der Waals surface area contributed by atoms with E-state index in [-0.39, 0.29) is 24.0 Å². The van der Waals surface area contributed by atoms with Gasteiger partial charge in [-0.25, -0.2) is 0 Å². The lowest BCUT2D eigenvalue weighted by Gasteiger charge is -2.34. The van der Waals surface area contributed by atoms with Crippen LogP contribution in [0.5, 0.6) is 17.2 Å². The van der Waals surface area contributed by atoms with Crippen molar-refractivity contribution in [2.24, 2.45) is 0 Å². The second-order valence-electron chi connectivity index (χ2n) is 7.84. The highest BCUT2D eigenvalue weighted by molar-refractivity contribution is 5.78. The van der Waals surface area contributed by atoms with E-state index in [1.807, 2.05) is 17.0 Å². The van der Waals surface area contributed by atoms with Gasteiger partial charge in [-0.05, 0) is 29.8 Å². The number of rotatable bonds is 9. The van der Waals surface area contributed by atoms with E-state index in [1.54, 1.807) is 33.5 Å². The van der Waals surface area contributed by atoms with Crippen molar-refractivity contribution >= 4 is 11.8 Å². The number of nitrogens with one attached hydrogen (secondary N) is 1. The summed E-state index contributed by atoms with van der Waals surface area (Å²) in [5.74, 6) is 2.64. The molecule has 2 aromatic heterocycles. The molecule has 1 aliphatic rings. The summed E-state index contributed by atoms with van der Waals surface area (Å²) in [5.41, 5.74) is 1.05. The third kappa shape index (κ3) is 5.33. The van der Waals surface area contributed by atoms with E-state index in [4.69, 9.17) is 23.0 Å². The standard InChI is InChI=1S/C24H27N5O6/c1-31-19-11-16(12-20(32-2)22(19)33-3)14-26-21(30)15-28-6-8-29(9-7-28)24-17(13-25)27-23(35-24)18-5-4-10-34-18/h4-5,10-12H,6-9,14-15H2,1-3H3,(H,26,30). The van der Waals surface area contributed by atoms with Gasteiger partial charge in [0.25, 0.3) is 5.89 Å². The summed E-state index contributed by atoms with van der Waals surface area (Å²) >= 11 is 0. The fourth-order valence-corrected chi connectivity index (χ4v) is 3.91. The highest BCUT2D eigenvalue weighted by Crippen LogP contribution is 2.38. The molecule has 0 bridgehead atoms. The van der Waals surface area contributed by atoms with E-state index in [1.165, 1.54) is 6.26 Å². The number of carbonyl (C=O) groups excluding carboxylic acids is 1. The molecule has 0 aliphatic carbocycles. The Bertz CT molecular complexity index is 1170. The van der Waals surface area contributed by atoms with Crippen LogP contribution in [0.15, 0.2) is 39.4 Å². The monoisotopic (exact) mass is 481 g/mol. The zero-order chi connectivity index (χ0) is 24.8. The largest absolute Gasteiger partial charge is 0.493 e. The summed E-state index contributed by atoms with van der Waals surface area (Å²) in [6.45, 7) is 3.06. The molecule has 0 saturated carbocycles. The Balaban J connectivity index is 1.30. The zero-order valence-electron chi connectivity index (χ0n) is 19.9. The Morgan fingerprint density at radius 2 is 1.86 bits per heavy atom. The molecular formula is C24H27N5O6. The van der Waals surface area contributed by atoms with Crippen LogP contribution in [-0.4, -0.2) is 69.8 Å². The summed E-state index contributed by atoms with van der Waals surface area (Å²) in [7, 11) is 4.65. The lowest BCUT2D eigenvalue weighted by Crippen LogP contribution is -2.49. The zero-order valence-corrected chi connectivity index (χ0v) is 19.9. The molecule has 0 atom stereocenters.